The number of aromatic nitrogens is 1. The van der Waals surface area contributed by atoms with Crippen molar-refractivity contribution in [3.8, 4) is 0 Å². The van der Waals surface area contributed by atoms with Gasteiger partial charge in [0.2, 0.25) is 5.91 Å². The second-order valence-corrected chi connectivity index (χ2v) is 5.70. The minimum absolute atomic E-state index is 0.0340. The Morgan fingerprint density at radius 1 is 1.35 bits per heavy atom. The molecule has 0 aliphatic carbocycles. The summed E-state index contributed by atoms with van der Waals surface area (Å²) in [6.45, 7) is 5.38. The zero-order valence-electron chi connectivity index (χ0n) is 12.1. The Balaban J connectivity index is 2.95. The van der Waals surface area contributed by atoms with Crippen LogP contribution in [0.25, 0.3) is 0 Å². The number of rotatable bonds is 8. The molecular weight excluding hydrogens is 322 g/mol. The number of halogens is 1. The van der Waals surface area contributed by atoms with E-state index in [9.17, 15) is 9.59 Å². The minimum atomic E-state index is -0.484. The monoisotopic (exact) mass is 343 g/mol. The van der Waals surface area contributed by atoms with Gasteiger partial charge in [-0.05, 0) is 34.8 Å². The van der Waals surface area contributed by atoms with Crippen LogP contribution in [-0.4, -0.2) is 34.4 Å². The van der Waals surface area contributed by atoms with Gasteiger partial charge in [0.05, 0.1) is 6.54 Å². The van der Waals surface area contributed by atoms with Crippen molar-refractivity contribution in [3.05, 3.63) is 22.4 Å². The fourth-order valence-electron chi connectivity index (χ4n) is 2.03. The van der Waals surface area contributed by atoms with Crippen molar-refractivity contribution < 1.29 is 9.59 Å². The van der Waals surface area contributed by atoms with Crippen LogP contribution < -0.4 is 5.73 Å². The Bertz CT molecular complexity index is 471. The lowest BCUT2D eigenvalue weighted by Crippen LogP contribution is -2.39. The molecule has 0 bridgehead atoms. The van der Waals surface area contributed by atoms with E-state index in [1.165, 1.54) is 4.90 Å². The maximum atomic E-state index is 12.6. The molecule has 0 saturated heterocycles. The van der Waals surface area contributed by atoms with E-state index in [-0.39, 0.29) is 12.5 Å². The molecule has 0 aliphatic rings. The zero-order chi connectivity index (χ0) is 15.1. The molecule has 112 valence electrons. The first-order valence-corrected chi connectivity index (χ1v) is 7.72. The Morgan fingerprint density at radius 2 is 2.05 bits per heavy atom. The number of primary amides is 1. The van der Waals surface area contributed by atoms with E-state index < -0.39 is 5.91 Å². The van der Waals surface area contributed by atoms with E-state index in [2.05, 4.69) is 22.9 Å². The van der Waals surface area contributed by atoms with Crippen molar-refractivity contribution >= 4 is 27.7 Å². The van der Waals surface area contributed by atoms with Crippen LogP contribution in [0.15, 0.2) is 16.7 Å². The zero-order valence-corrected chi connectivity index (χ0v) is 13.6. The fourth-order valence-corrected chi connectivity index (χ4v) is 2.50. The standard InChI is InChI=1S/C14H22BrN3O2/c1-3-5-7-18(10-13(16)19)14(20)12-8-11(15)9-17(12)6-4-2/h8-9H,3-7,10H2,1-2H3,(H2,16,19). The molecule has 0 radical (unpaired) electrons. The number of nitrogens with zero attached hydrogens (tertiary/aromatic N) is 2. The number of nitrogens with two attached hydrogens (primary N) is 1. The summed E-state index contributed by atoms with van der Waals surface area (Å²) in [7, 11) is 0. The van der Waals surface area contributed by atoms with Crippen molar-refractivity contribution in [3.63, 3.8) is 0 Å². The summed E-state index contributed by atoms with van der Waals surface area (Å²) in [6.07, 6.45) is 4.64. The van der Waals surface area contributed by atoms with E-state index in [1.807, 2.05) is 17.7 Å². The number of hydrogen-bond acceptors (Lipinski definition) is 2. The number of unbranched alkanes of at least 4 members (excludes halogenated alkanes) is 1. The van der Waals surface area contributed by atoms with Gasteiger partial charge >= 0.3 is 0 Å². The Morgan fingerprint density at radius 3 is 2.60 bits per heavy atom. The van der Waals surface area contributed by atoms with Gasteiger partial charge in [0.15, 0.2) is 0 Å². The summed E-state index contributed by atoms with van der Waals surface area (Å²) >= 11 is 3.39. The maximum absolute atomic E-state index is 12.6. The molecule has 0 unspecified atom stereocenters. The summed E-state index contributed by atoms with van der Waals surface area (Å²) in [5.74, 6) is -0.626. The normalized spacial score (nSPS) is 10.6. The van der Waals surface area contributed by atoms with Crippen LogP contribution in [0.4, 0.5) is 0 Å². The van der Waals surface area contributed by atoms with E-state index in [4.69, 9.17) is 5.73 Å². The number of carbonyl (C=O) groups excluding carboxylic acids is 2. The fraction of sp³-hybridized carbons (Fsp3) is 0.571. The molecular formula is C14H22BrN3O2. The lowest BCUT2D eigenvalue weighted by Gasteiger charge is -2.21. The van der Waals surface area contributed by atoms with E-state index in [0.29, 0.717) is 12.2 Å². The topological polar surface area (TPSA) is 68.3 Å². The molecule has 2 N–H and O–H groups in total. The molecule has 0 fully saturated rings. The molecule has 0 aliphatic heterocycles. The van der Waals surface area contributed by atoms with Gasteiger partial charge in [-0.1, -0.05) is 20.3 Å². The second-order valence-electron chi connectivity index (χ2n) is 4.78. The first-order valence-electron chi connectivity index (χ1n) is 6.92. The van der Waals surface area contributed by atoms with E-state index >= 15 is 0 Å². The highest BCUT2D eigenvalue weighted by Crippen LogP contribution is 2.17. The maximum Gasteiger partial charge on any atom is 0.270 e. The number of carbonyl (C=O) groups is 2. The van der Waals surface area contributed by atoms with Gasteiger partial charge in [-0.2, -0.15) is 0 Å². The van der Waals surface area contributed by atoms with Crippen molar-refractivity contribution in [2.45, 2.75) is 39.7 Å². The van der Waals surface area contributed by atoms with Gasteiger partial charge in [-0.15, -0.1) is 0 Å². The largest absolute Gasteiger partial charge is 0.368 e. The van der Waals surface area contributed by atoms with Gasteiger partial charge in [0.1, 0.15) is 5.69 Å². The summed E-state index contributed by atoms with van der Waals surface area (Å²) in [5.41, 5.74) is 5.83. The average molecular weight is 344 g/mol. The molecule has 6 heteroatoms. The highest BCUT2D eigenvalue weighted by molar-refractivity contribution is 9.10. The summed E-state index contributed by atoms with van der Waals surface area (Å²) in [4.78, 5) is 25.2. The SMILES string of the molecule is CCCCN(CC(N)=O)C(=O)c1cc(Br)cn1CCC. The second kappa shape index (κ2) is 8.09. The van der Waals surface area contributed by atoms with Gasteiger partial charge < -0.3 is 15.2 Å². The predicted octanol–water partition coefficient (Wildman–Crippen LogP) is 2.39. The molecule has 0 spiro atoms. The summed E-state index contributed by atoms with van der Waals surface area (Å²) < 4.78 is 2.77. The lowest BCUT2D eigenvalue weighted by molar-refractivity contribution is -0.118. The highest BCUT2D eigenvalue weighted by Gasteiger charge is 2.20. The summed E-state index contributed by atoms with van der Waals surface area (Å²) in [6, 6.07) is 1.79. The number of hydrogen-bond donors (Lipinski definition) is 1. The van der Waals surface area contributed by atoms with E-state index in [1.54, 1.807) is 6.07 Å². The third kappa shape index (κ3) is 4.67. The molecule has 1 heterocycles. The van der Waals surface area contributed by atoms with Gasteiger partial charge in [0.25, 0.3) is 5.91 Å². The van der Waals surface area contributed by atoms with Gasteiger partial charge in [0, 0.05) is 23.8 Å². The Hall–Kier alpha value is -1.30. The Labute approximate surface area is 128 Å². The first kappa shape index (κ1) is 16.8. The van der Waals surface area contributed by atoms with Crippen LogP contribution >= 0.6 is 15.9 Å². The molecule has 0 saturated carbocycles. The molecule has 0 aromatic carbocycles. The van der Waals surface area contributed by atoms with Crippen LogP contribution in [0.3, 0.4) is 0 Å². The van der Waals surface area contributed by atoms with Crippen LogP contribution in [0, 0.1) is 0 Å². The molecule has 20 heavy (non-hydrogen) atoms. The first-order chi connectivity index (χ1) is 9.49. The smallest absolute Gasteiger partial charge is 0.270 e. The summed E-state index contributed by atoms with van der Waals surface area (Å²) in [5, 5.41) is 0. The van der Waals surface area contributed by atoms with Gasteiger partial charge in [-0.25, -0.2) is 0 Å². The molecule has 2 amide bonds. The van der Waals surface area contributed by atoms with Crippen molar-refractivity contribution in [2.75, 3.05) is 13.1 Å². The van der Waals surface area contributed by atoms with Crippen molar-refractivity contribution in [1.29, 1.82) is 0 Å². The highest BCUT2D eigenvalue weighted by atomic mass is 79.9. The molecule has 1 aromatic heterocycles. The van der Waals surface area contributed by atoms with Crippen LogP contribution in [0.2, 0.25) is 0 Å². The van der Waals surface area contributed by atoms with Crippen LogP contribution in [-0.2, 0) is 11.3 Å². The van der Waals surface area contributed by atoms with Crippen molar-refractivity contribution in [1.82, 2.24) is 9.47 Å². The molecule has 1 aromatic rings. The Kier molecular flexibility index (Phi) is 6.78. The molecule has 0 atom stereocenters. The molecule has 5 nitrogen and oxygen atoms in total. The molecule has 1 rings (SSSR count). The third-order valence-corrected chi connectivity index (χ3v) is 3.40. The van der Waals surface area contributed by atoms with Crippen LogP contribution in [0.1, 0.15) is 43.6 Å². The number of amides is 2. The minimum Gasteiger partial charge on any atom is -0.368 e. The van der Waals surface area contributed by atoms with E-state index in [0.717, 1.165) is 30.3 Å². The predicted molar refractivity (Wildman–Crippen MR) is 82.4 cm³/mol. The third-order valence-electron chi connectivity index (χ3n) is 2.96. The lowest BCUT2D eigenvalue weighted by atomic mass is 10.2. The quantitative estimate of drug-likeness (QED) is 0.787. The van der Waals surface area contributed by atoms with Gasteiger partial charge in [-0.3, -0.25) is 9.59 Å². The van der Waals surface area contributed by atoms with Crippen LogP contribution in [0.5, 0.6) is 0 Å². The number of aryl methyl sites for hydroxylation is 1. The van der Waals surface area contributed by atoms with Crippen molar-refractivity contribution in [2.24, 2.45) is 5.73 Å². The average Bonchev–Trinajstić information content (AvgIpc) is 2.74.